The van der Waals surface area contributed by atoms with Crippen molar-refractivity contribution in [1.82, 2.24) is 0 Å². The molecule has 1 saturated carbocycles. The molecular weight excluding hydrogens is 260 g/mol. The first kappa shape index (κ1) is 13.8. The second-order valence-electron chi connectivity index (χ2n) is 8.46. The lowest BCUT2D eigenvalue weighted by molar-refractivity contribution is -0.131. The molecule has 4 aliphatic rings. The molecule has 2 fully saturated rings. The van der Waals surface area contributed by atoms with E-state index in [1.165, 1.54) is 25.7 Å². The number of hydrogen-bond donors (Lipinski definition) is 0. The average molecular weight is 286 g/mol. The first-order chi connectivity index (χ1) is 9.81. The minimum atomic E-state index is -0.297. The number of rotatable bonds is 1. The Kier molecular flexibility index (Phi) is 2.55. The summed E-state index contributed by atoms with van der Waals surface area (Å²) in [7, 11) is 0. The number of carbonyl (C=O) groups is 1. The van der Waals surface area contributed by atoms with Crippen molar-refractivity contribution in [2.24, 2.45) is 16.7 Å². The summed E-state index contributed by atoms with van der Waals surface area (Å²) in [6.45, 7) is 9.38. The highest BCUT2D eigenvalue weighted by Gasteiger charge is 2.66. The Hall–Kier alpha value is -0.890. The monoisotopic (exact) mass is 286 g/mol. The Balaban J connectivity index is 1.97. The number of carbonyl (C=O) groups excluding carboxylic acids is 1. The van der Waals surface area contributed by atoms with Crippen LogP contribution in [0.25, 0.3) is 0 Å². The SMILES string of the molecule is CC(C)C1=C2[C@](C)(CC1)CC[C@@]1(C)C[C@H]3O[C@@]21C=CC3=O. The summed E-state index contributed by atoms with van der Waals surface area (Å²) in [6, 6.07) is 0. The van der Waals surface area contributed by atoms with Gasteiger partial charge in [0.15, 0.2) is 5.78 Å². The standard InChI is InChI=1S/C19H26O2/c1-12(2)13-5-7-17(3)9-10-18(4)11-15-14(20)6-8-19(18,21-15)16(13)17/h6,8,12,15H,5,7,9-11H2,1-4H3/t15-,17-,18+,19+/m1/s1. The van der Waals surface area contributed by atoms with Crippen LogP contribution in [0.1, 0.15) is 59.8 Å². The predicted octanol–water partition coefficient (Wildman–Crippen LogP) is 4.21. The van der Waals surface area contributed by atoms with E-state index in [1.54, 1.807) is 11.1 Å². The van der Waals surface area contributed by atoms with Gasteiger partial charge >= 0.3 is 0 Å². The Labute approximate surface area is 127 Å². The molecule has 2 nitrogen and oxygen atoms in total. The number of allylic oxidation sites excluding steroid dienone is 1. The van der Waals surface area contributed by atoms with Crippen LogP contribution in [0.3, 0.4) is 0 Å². The highest BCUT2D eigenvalue weighted by molar-refractivity contribution is 5.95. The fourth-order valence-electron chi connectivity index (χ4n) is 5.52. The Bertz CT molecular complexity index is 584. The van der Waals surface area contributed by atoms with Crippen molar-refractivity contribution >= 4 is 5.78 Å². The maximum atomic E-state index is 12.1. The first-order valence-corrected chi connectivity index (χ1v) is 8.46. The minimum Gasteiger partial charge on any atom is -0.355 e. The van der Waals surface area contributed by atoms with Crippen molar-refractivity contribution in [1.29, 1.82) is 0 Å². The van der Waals surface area contributed by atoms with E-state index in [4.69, 9.17) is 4.74 Å². The maximum absolute atomic E-state index is 12.1. The van der Waals surface area contributed by atoms with Crippen molar-refractivity contribution in [2.45, 2.75) is 71.5 Å². The van der Waals surface area contributed by atoms with E-state index in [0.717, 1.165) is 6.42 Å². The third-order valence-corrected chi connectivity index (χ3v) is 6.83. The summed E-state index contributed by atoms with van der Waals surface area (Å²) in [5.41, 5.74) is 3.22. The number of ketones is 1. The van der Waals surface area contributed by atoms with Crippen LogP contribution in [0, 0.1) is 16.7 Å². The van der Waals surface area contributed by atoms with E-state index in [0.29, 0.717) is 5.92 Å². The van der Waals surface area contributed by atoms with E-state index in [1.807, 2.05) is 6.08 Å². The summed E-state index contributed by atoms with van der Waals surface area (Å²) in [4.78, 5) is 12.1. The van der Waals surface area contributed by atoms with Gasteiger partial charge in [-0.25, -0.2) is 0 Å². The summed E-state index contributed by atoms with van der Waals surface area (Å²) >= 11 is 0. The number of fused-ring (bicyclic) bond motifs is 2. The number of ether oxygens (including phenoxy) is 1. The lowest BCUT2D eigenvalue weighted by Gasteiger charge is -2.53. The van der Waals surface area contributed by atoms with Gasteiger partial charge in [-0.1, -0.05) is 33.3 Å². The van der Waals surface area contributed by atoms with Crippen LogP contribution in [0.2, 0.25) is 0 Å². The van der Waals surface area contributed by atoms with Gasteiger partial charge in [-0.15, -0.1) is 0 Å². The molecule has 21 heavy (non-hydrogen) atoms. The van der Waals surface area contributed by atoms with E-state index in [9.17, 15) is 4.79 Å². The van der Waals surface area contributed by atoms with E-state index in [-0.39, 0.29) is 28.3 Å². The molecule has 0 unspecified atom stereocenters. The van der Waals surface area contributed by atoms with Gasteiger partial charge < -0.3 is 4.74 Å². The van der Waals surface area contributed by atoms with Crippen LogP contribution >= 0.6 is 0 Å². The molecule has 1 saturated heterocycles. The second kappa shape index (κ2) is 3.90. The molecular formula is C19H26O2. The van der Waals surface area contributed by atoms with Crippen molar-refractivity contribution < 1.29 is 9.53 Å². The number of hydrogen-bond acceptors (Lipinski definition) is 2. The van der Waals surface area contributed by atoms with Gasteiger partial charge in [-0.3, -0.25) is 4.79 Å². The van der Waals surface area contributed by atoms with Crippen LogP contribution in [-0.2, 0) is 9.53 Å². The second-order valence-corrected chi connectivity index (χ2v) is 8.46. The van der Waals surface area contributed by atoms with Gasteiger partial charge in [0, 0.05) is 5.41 Å². The maximum Gasteiger partial charge on any atom is 0.184 e. The van der Waals surface area contributed by atoms with Crippen LogP contribution in [0.15, 0.2) is 23.3 Å². The molecule has 4 atom stereocenters. The van der Waals surface area contributed by atoms with Gasteiger partial charge in [0.25, 0.3) is 0 Å². The van der Waals surface area contributed by atoms with Gasteiger partial charge in [-0.05, 0) is 61.2 Å². The van der Waals surface area contributed by atoms with E-state index >= 15 is 0 Å². The Morgan fingerprint density at radius 2 is 2.00 bits per heavy atom. The molecule has 2 heterocycles. The van der Waals surface area contributed by atoms with Gasteiger partial charge in [-0.2, -0.15) is 0 Å². The van der Waals surface area contributed by atoms with Gasteiger partial charge in [0.1, 0.15) is 11.7 Å². The lowest BCUT2D eigenvalue weighted by Crippen LogP contribution is -2.52. The third-order valence-electron chi connectivity index (χ3n) is 6.83. The third kappa shape index (κ3) is 1.50. The Morgan fingerprint density at radius 3 is 2.71 bits per heavy atom. The van der Waals surface area contributed by atoms with Crippen LogP contribution in [0.4, 0.5) is 0 Å². The van der Waals surface area contributed by atoms with E-state index < -0.39 is 0 Å². The van der Waals surface area contributed by atoms with Crippen molar-refractivity contribution in [3.8, 4) is 0 Å². The molecule has 2 aliphatic heterocycles. The van der Waals surface area contributed by atoms with Crippen LogP contribution in [0.5, 0.6) is 0 Å². The van der Waals surface area contributed by atoms with Crippen molar-refractivity contribution in [3.05, 3.63) is 23.3 Å². The normalized spacial score (nSPS) is 48.0. The molecule has 0 aromatic heterocycles. The highest BCUT2D eigenvalue weighted by Crippen LogP contribution is 2.68. The van der Waals surface area contributed by atoms with E-state index in [2.05, 4.69) is 33.8 Å². The summed E-state index contributed by atoms with van der Waals surface area (Å²) in [6.07, 6.45) is 9.50. The zero-order chi connectivity index (χ0) is 15.0. The molecule has 0 aromatic rings. The highest BCUT2D eigenvalue weighted by atomic mass is 16.5. The smallest absolute Gasteiger partial charge is 0.184 e. The molecule has 4 rings (SSSR count). The summed E-state index contributed by atoms with van der Waals surface area (Å²) in [5.74, 6) is 0.745. The molecule has 0 radical (unpaired) electrons. The topological polar surface area (TPSA) is 26.3 Å². The Morgan fingerprint density at radius 1 is 1.24 bits per heavy atom. The largest absolute Gasteiger partial charge is 0.355 e. The molecule has 2 aliphatic carbocycles. The molecule has 114 valence electrons. The summed E-state index contributed by atoms with van der Waals surface area (Å²) < 4.78 is 6.47. The van der Waals surface area contributed by atoms with Crippen molar-refractivity contribution in [2.75, 3.05) is 0 Å². The van der Waals surface area contributed by atoms with Crippen LogP contribution in [-0.4, -0.2) is 17.5 Å². The molecule has 0 aromatic carbocycles. The zero-order valence-corrected chi connectivity index (χ0v) is 13.7. The molecule has 2 heteroatoms. The minimum absolute atomic E-state index is 0.0969. The van der Waals surface area contributed by atoms with Crippen LogP contribution < -0.4 is 0 Å². The molecule has 1 spiro atoms. The fourth-order valence-corrected chi connectivity index (χ4v) is 5.52. The first-order valence-electron chi connectivity index (χ1n) is 8.46. The predicted molar refractivity (Wildman–Crippen MR) is 82.9 cm³/mol. The fraction of sp³-hybridized carbons (Fsp3) is 0.737. The average Bonchev–Trinajstić information content (AvgIpc) is 2.89. The molecule has 0 N–H and O–H groups in total. The van der Waals surface area contributed by atoms with Gasteiger partial charge in [0.05, 0.1) is 0 Å². The quantitative estimate of drug-likeness (QED) is 0.675. The summed E-state index contributed by atoms with van der Waals surface area (Å²) in [5, 5.41) is 0. The van der Waals surface area contributed by atoms with Gasteiger partial charge in [0.2, 0.25) is 0 Å². The zero-order valence-electron chi connectivity index (χ0n) is 13.7. The lowest BCUT2D eigenvalue weighted by atomic mass is 9.54. The molecule has 0 amide bonds. The molecule has 2 bridgehead atoms. The van der Waals surface area contributed by atoms with Crippen molar-refractivity contribution in [3.63, 3.8) is 0 Å².